The van der Waals surface area contributed by atoms with E-state index >= 15 is 0 Å². The third kappa shape index (κ3) is 6.58. The Morgan fingerprint density at radius 3 is 2.54 bits per heavy atom. The molecule has 0 aliphatic heterocycles. The van der Waals surface area contributed by atoms with Gasteiger partial charge in [-0.15, -0.1) is 11.8 Å². The van der Waals surface area contributed by atoms with Crippen molar-refractivity contribution in [1.29, 1.82) is 0 Å². The number of carbonyl (C=O) groups excluding carboxylic acids is 2. The van der Waals surface area contributed by atoms with E-state index in [0.29, 0.717) is 5.75 Å². The first-order valence-corrected chi connectivity index (χ1v) is 9.45. The van der Waals surface area contributed by atoms with Crippen molar-refractivity contribution in [3.63, 3.8) is 0 Å². The monoisotopic (exact) mass is 404 g/mol. The lowest BCUT2D eigenvalue weighted by molar-refractivity contribution is -0.384. The molecule has 2 rings (SSSR count). The summed E-state index contributed by atoms with van der Waals surface area (Å²) in [7, 11) is 1.33. The number of esters is 1. The molecule has 0 atom stereocenters. The quantitative estimate of drug-likeness (QED) is 0.388. The van der Waals surface area contributed by atoms with Gasteiger partial charge in [-0.05, 0) is 18.6 Å². The van der Waals surface area contributed by atoms with Gasteiger partial charge in [0.25, 0.3) is 11.6 Å². The van der Waals surface area contributed by atoms with Crippen LogP contribution in [0.2, 0.25) is 0 Å². The predicted octanol–water partition coefficient (Wildman–Crippen LogP) is 3.33. The van der Waals surface area contributed by atoms with E-state index in [4.69, 9.17) is 9.47 Å². The molecule has 1 amide bonds. The van der Waals surface area contributed by atoms with E-state index in [1.165, 1.54) is 42.6 Å². The Bertz CT molecular complexity index is 854. The van der Waals surface area contributed by atoms with Crippen molar-refractivity contribution < 1.29 is 24.0 Å². The number of aryl methyl sites for hydroxylation is 1. The van der Waals surface area contributed by atoms with Crippen molar-refractivity contribution in [3.05, 3.63) is 63.7 Å². The van der Waals surface area contributed by atoms with Gasteiger partial charge in [-0.3, -0.25) is 19.7 Å². The number of nitro groups is 1. The highest BCUT2D eigenvalue weighted by Gasteiger charge is 2.14. The second kappa shape index (κ2) is 10.3. The molecule has 0 bridgehead atoms. The Morgan fingerprint density at radius 2 is 1.89 bits per heavy atom. The minimum absolute atomic E-state index is 0.127. The SMILES string of the molecule is COc1cc([N+](=O)[O-])ccc1NC(=O)COC(=O)CSCc1ccc(C)cc1. The van der Waals surface area contributed by atoms with Crippen molar-refractivity contribution in [2.45, 2.75) is 12.7 Å². The molecular weight excluding hydrogens is 384 g/mol. The number of methoxy groups -OCH3 is 1. The number of benzene rings is 2. The lowest BCUT2D eigenvalue weighted by Crippen LogP contribution is -2.22. The van der Waals surface area contributed by atoms with E-state index in [1.807, 2.05) is 31.2 Å². The first-order valence-electron chi connectivity index (χ1n) is 8.30. The van der Waals surface area contributed by atoms with Gasteiger partial charge in [0.2, 0.25) is 0 Å². The molecule has 0 unspecified atom stereocenters. The van der Waals surface area contributed by atoms with Crippen molar-refractivity contribution in [3.8, 4) is 5.75 Å². The molecular formula is C19H20N2O6S. The third-order valence-corrected chi connectivity index (χ3v) is 4.62. The molecule has 0 radical (unpaired) electrons. The fourth-order valence-corrected chi connectivity index (χ4v) is 2.99. The van der Waals surface area contributed by atoms with E-state index in [2.05, 4.69) is 5.32 Å². The number of rotatable bonds is 9. The average Bonchev–Trinajstić information content (AvgIpc) is 2.68. The molecule has 28 heavy (non-hydrogen) atoms. The second-order valence-corrected chi connectivity index (χ2v) is 6.81. The summed E-state index contributed by atoms with van der Waals surface area (Å²) in [6, 6.07) is 11.8. The number of nitrogens with one attached hydrogen (secondary N) is 1. The number of nitro benzene ring substituents is 1. The van der Waals surface area contributed by atoms with Crippen LogP contribution in [0.4, 0.5) is 11.4 Å². The van der Waals surface area contributed by atoms with Gasteiger partial charge < -0.3 is 14.8 Å². The number of hydrogen-bond acceptors (Lipinski definition) is 7. The molecule has 0 saturated carbocycles. The summed E-state index contributed by atoms with van der Waals surface area (Å²) >= 11 is 1.40. The first-order chi connectivity index (χ1) is 13.4. The van der Waals surface area contributed by atoms with E-state index in [9.17, 15) is 19.7 Å². The topological polar surface area (TPSA) is 108 Å². The van der Waals surface area contributed by atoms with Gasteiger partial charge in [0.05, 0.1) is 29.5 Å². The van der Waals surface area contributed by atoms with Gasteiger partial charge in [-0.1, -0.05) is 29.8 Å². The van der Waals surface area contributed by atoms with Gasteiger partial charge >= 0.3 is 5.97 Å². The number of anilines is 1. The molecule has 148 valence electrons. The summed E-state index contributed by atoms with van der Waals surface area (Å²) in [5.41, 5.74) is 2.37. The minimum atomic E-state index is -0.566. The zero-order valence-electron chi connectivity index (χ0n) is 15.5. The van der Waals surface area contributed by atoms with E-state index < -0.39 is 23.4 Å². The standard InChI is InChI=1S/C19H20N2O6S/c1-13-3-5-14(6-4-13)11-28-12-19(23)27-10-18(22)20-16-8-7-15(21(24)25)9-17(16)26-2/h3-9H,10-12H2,1-2H3,(H,20,22). The van der Waals surface area contributed by atoms with Crippen LogP contribution in [0.3, 0.4) is 0 Å². The van der Waals surface area contributed by atoms with E-state index in [0.717, 1.165) is 5.56 Å². The van der Waals surface area contributed by atoms with E-state index in [-0.39, 0.29) is 22.9 Å². The zero-order valence-corrected chi connectivity index (χ0v) is 16.3. The van der Waals surface area contributed by atoms with Crippen molar-refractivity contribution in [1.82, 2.24) is 0 Å². The van der Waals surface area contributed by atoms with Gasteiger partial charge in [-0.25, -0.2) is 0 Å². The van der Waals surface area contributed by atoms with Gasteiger partial charge in [0, 0.05) is 11.8 Å². The molecule has 2 aromatic rings. The molecule has 0 aliphatic carbocycles. The first kappa shape index (κ1) is 21.2. The molecule has 1 N–H and O–H groups in total. The van der Waals surface area contributed by atoms with Crippen LogP contribution in [0.1, 0.15) is 11.1 Å². The Morgan fingerprint density at radius 1 is 1.18 bits per heavy atom. The molecule has 0 spiro atoms. The highest BCUT2D eigenvalue weighted by molar-refractivity contribution is 7.99. The number of amides is 1. The van der Waals surface area contributed by atoms with Crippen LogP contribution in [0.25, 0.3) is 0 Å². The smallest absolute Gasteiger partial charge is 0.316 e. The Kier molecular flexibility index (Phi) is 7.82. The summed E-state index contributed by atoms with van der Waals surface area (Å²) in [6.07, 6.45) is 0. The van der Waals surface area contributed by atoms with Crippen LogP contribution in [-0.4, -0.2) is 36.3 Å². The number of nitrogens with zero attached hydrogens (tertiary/aromatic N) is 1. The maximum absolute atomic E-state index is 11.9. The number of non-ortho nitro benzene ring substituents is 1. The van der Waals surface area contributed by atoms with Crippen molar-refractivity contribution in [2.75, 3.05) is 24.8 Å². The highest BCUT2D eigenvalue weighted by Crippen LogP contribution is 2.28. The van der Waals surface area contributed by atoms with Crippen LogP contribution in [-0.2, 0) is 20.1 Å². The number of ether oxygens (including phenoxy) is 2. The number of hydrogen-bond donors (Lipinski definition) is 1. The largest absolute Gasteiger partial charge is 0.494 e. The Balaban J connectivity index is 1.76. The summed E-state index contributed by atoms with van der Waals surface area (Å²) < 4.78 is 9.98. The van der Waals surface area contributed by atoms with Crippen molar-refractivity contribution >= 4 is 35.0 Å². The minimum Gasteiger partial charge on any atom is -0.494 e. The molecule has 0 saturated heterocycles. The second-order valence-electron chi connectivity index (χ2n) is 5.83. The molecule has 2 aromatic carbocycles. The number of carbonyl (C=O) groups is 2. The van der Waals surface area contributed by atoms with E-state index in [1.54, 1.807) is 0 Å². The molecule has 0 heterocycles. The van der Waals surface area contributed by atoms with Gasteiger partial charge in [0.1, 0.15) is 5.75 Å². The fraction of sp³-hybridized carbons (Fsp3) is 0.263. The molecule has 9 heteroatoms. The lowest BCUT2D eigenvalue weighted by atomic mass is 10.2. The van der Waals surface area contributed by atoms with Gasteiger partial charge in [0.15, 0.2) is 6.61 Å². The van der Waals surface area contributed by atoms with Crippen LogP contribution < -0.4 is 10.1 Å². The molecule has 8 nitrogen and oxygen atoms in total. The maximum atomic E-state index is 11.9. The van der Waals surface area contributed by atoms with Crippen LogP contribution in [0.15, 0.2) is 42.5 Å². The highest BCUT2D eigenvalue weighted by atomic mass is 32.2. The summed E-state index contributed by atoms with van der Waals surface area (Å²) in [4.78, 5) is 33.9. The molecule has 0 aliphatic rings. The average molecular weight is 404 g/mol. The normalized spacial score (nSPS) is 10.2. The lowest BCUT2D eigenvalue weighted by Gasteiger charge is -2.10. The van der Waals surface area contributed by atoms with Crippen LogP contribution >= 0.6 is 11.8 Å². The maximum Gasteiger partial charge on any atom is 0.316 e. The third-order valence-electron chi connectivity index (χ3n) is 3.64. The predicted molar refractivity (Wildman–Crippen MR) is 107 cm³/mol. The molecule has 0 fully saturated rings. The van der Waals surface area contributed by atoms with Crippen LogP contribution in [0.5, 0.6) is 5.75 Å². The summed E-state index contributed by atoms with van der Waals surface area (Å²) in [5, 5.41) is 13.3. The number of thioether (sulfide) groups is 1. The Labute approximate surface area is 166 Å². The zero-order chi connectivity index (χ0) is 20.5. The van der Waals surface area contributed by atoms with Gasteiger partial charge in [-0.2, -0.15) is 0 Å². The van der Waals surface area contributed by atoms with Crippen molar-refractivity contribution in [2.24, 2.45) is 0 Å². The fourth-order valence-electron chi connectivity index (χ4n) is 2.21. The Hall–Kier alpha value is -3.07. The molecule has 0 aromatic heterocycles. The van der Waals surface area contributed by atoms with Crippen LogP contribution in [0, 0.1) is 17.0 Å². The summed E-state index contributed by atoms with van der Waals surface area (Å²) in [6.45, 7) is 1.55. The summed E-state index contributed by atoms with van der Waals surface area (Å²) in [5.74, 6) is -0.127.